The molecule has 2 amide bonds. The van der Waals surface area contributed by atoms with Crippen molar-refractivity contribution in [2.75, 3.05) is 26.4 Å². The molecule has 0 rings (SSSR count). The number of urea groups is 1. The molecular formula is C15H28N2O7. The number of aliphatic hydroxyl groups is 2. The minimum absolute atomic E-state index is 0.193. The molecule has 140 valence electrons. The van der Waals surface area contributed by atoms with Crippen molar-refractivity contribution in [3.63, 3.8) is 0 Å². The summed E-state index contributed by atoms with van der Waals surface area (Å²) in [5, 5.41) is 22.7. The van der Waals surface area contributed by atoms with E-state index in [1.54, 1.807) is 0 Å². The van der Waals surface area contributed by atoms with Gasteiger partial charge in [-0.15, -0.1) is 0 Å². The number of esters is 2. The average Bonchev–Trinajstić information content (AvgIpc) is 2.57. The highest BCUT2D eigenvalue weighted by molar-refractivity contribution is 5.87. The highest BCUT2D eigenvalue weighted by Crippen LogP contribution is 1.96. The largest absolute Gasteiger partial charge is 0.464 e. The van der Waals surface area contributed by atoms with Crippen LogP contribution in [0.15, 0.2) is 0 Å². The van der Waals surface area contributed by atoms with Gasteiger partial charge in [0.15, 0.2) is 12.1 Å². The number of rotatable bonds is 12. The second kappa shape index (κ2) is 13.6. The van der Waals surface area contributed by atoms with E-state index in [9.17, 15) is 14.4 Å². The molecule has 0 aliphatic rings. The fraction of sp³-hybridized carbons (Fsp3) is 0.800. The zero-order valence-electron chi connectivity index (χ0n) is 14.2. The Morgan fingerprint density at radius 3 is 1.50 bits per heavy atom. The summed E-state index contributed by atoms with van der Waals surface area (Å²) < 4.78 is 9.80. The Kier molecular flexibility index (Phi) is 12.5. The van der Waals surface area contributed by atoms with Crippen LogP contribution >= 0.6 is 0 Å². The number of amides is 2. The molecule has 0 spiro atoms. The first kappa shape index (κ1) is 22.1. The zero-order chi connectivity index (χ0) is 18.4. The molecule has 9 heteroatoms. The van der Waals surface area contributed by atoms with Gasteiger partial charge in [-0.2, -0.15) is 0 Å². The molecule has 0 aliphatic heterocycles. The normalized spacial score (nSPS) is 12.8. The summed E-state index contributed by atoms with van der Waals surface area (Å²) in [4.78, 5) is 35.2. The highest BCUT2D eigenvalue weighted by atomic mass is 16.5. The van der Waals surface area contributed by atoms with Gasteiger partial charge in [-0.1, -0.05) is 26.7 Å². The van der Waals surface area contributed by atoms with E-state index in [0.29, 0.717) is 12.8 Å². The van der Waals surface area contributed by atoms with Crippen molar-refractivity contribution in [3.8, 4) is 0 Å². The second-order valence-corrected chi connectivity index (χ2v) is 5.13. The first-order chi connectivity index (χ1) is 11.5. The molecule has 9 nitrogen and oxygen atoms in total. The third-order valence-electron chi connectivity index (χ3n) is 3.03. The van der Waals surface area contributed by atoms with E-state index in [2.05, 4.69) is 10.6 Å². The lowest BCUT2D eigenvalue weighted by molar-refractivity contribution is -0.147. The van der Waals surface area contributed by atoms with Crippen LogP contribution in [0.25, 0.3) is 0 Å². The van der Waals surface area contributed by atoms with Crippen LogP contribution in [-0.2, 0) is 19.1 Å². The molecule has 0 aliphatic carbocycles. The first-order valence-electron chi connectivity index (χ1n) is 8.12. The van der Waals surface area contributed by atoms with Crippen molar-refractivity contribution >= 4 is 18.0 Å². The minimum atomic E-state index is -1.25. The Bertz CT molecular complexity index is 356. The van der Waals surface area contributed by atoms with Crippen molar-refractivity contribution in [2.24, 2.45) is 0 Å². The van der Waals surface area contributed by atoms with Crippen molar-refractivity contribution in [3.05, 3.63) is 0 Å². The molecule has 0 aromatic heterocycles. The molecule has 2 atom stereocenters. The molecule has 0 bridgehead atoms. The van der Waals surface area contributed by atoms with Gasteiger partial charge in [0, 0.05) is 0 Å². The number of hydrogen-bond donors (Lipinski definition) is 4. The molecule has 0 radical (unpaired) electrons. The van der Waals surface area contributed by atoms with Crippen LogP contribution in [0.3, 0.4) is 0 Å². The third kappa shape index (κ3) is 9.31. The standard InChI is InChI=1S/C15H28N2O7/c1-3-5-7-23-13(20)11(9-18)16-15(22)17-12(10-19)14(21)24-8-6-4-2/h11-12,18-19H,3-10H2,1-2H3,(H2,16,17,22). The molecule has 24 heavy (non-hydrogen) atoms. The van der Waals surface area contributed by atoms with E-state index in [-0.39, 0.29) is 13.2 Å². The molecule has 0 aromatic rings. The van der Waals surface area contributed by atoms with E-state index in [0.717, 1.165) is 12.8 Å². The topological polar surface area (TPSA) is 134 Å². The Hall–Kier alpha value is -1.87. The van der Waals surface area contributed by atoms with E-state index in [1.807, 2.05) is 13.8 Å². The summed E-state index contributed by atoms with van der Waals surface area (Å²) in [6, 6.07) is -3.40. The number of carbonyl (C=O) groups excluding carboxylic acids is 3. The second-order valence-electron chi connectivity index (χ2n) is 5.13. The maximum absolute atomic E-state index is 11.8. The van der Waals surface area contributed by atoms with Crippen LogP contribution in [0.4, 0.5) is 4.79 Å². The lowest BCUT2D eigenvalue weighted by Crippen LogP contribution is -2.53. The number of unbranched alkanes of at least 4 members (excludes halogenated alkanes) is 2. The van der Waals surface area contributed by atoms with Crippen LogP contribution in [0.2, 0.25) is 0 Å². The predicted octanol–water partition coefficient (Wildman–Crippen LogP) is -0.306. The molecule has 0 fully saturated rings. The van der Waals surface area contributed by atoms with Crippen LogP contribution in [0.1, 0.15) is 39.5 Å². The quantitative estimate of drug-likeness (QED) is 0.281. The summed E-state index contributed by atoms with van der Waals surface area (Å²) in [6.45, 7) is 2.94. The number of hydrogen-bond acceptors (Lipinski definition) is 7. The van der Waals surface area contributed by atoms with Gasteiger partial charge in [-0.05, 0) is 12.8 Å². The first-order valence-corrected chi connectivity index (χ1v) is 8.12. The predicted molar refractivity (Wildman–Crippen MR) is 85.1 cm³/mol. The number of aliphatic hydroxyl groups excluding tert-OH is 2. The maximum atomic E-state index is 11.8. The van der Waals surface area contributed by atoms with Crippen LogP contribution in [0, 0.1) is 0 Å². The zero-order valence-corrected chi connectivity index (χ0v) is 14.2. The Morgan fingerprint density at radius 1 is 0.833 bits per heavy atom. The van der Waals surface area contributed by atoms with Gasteiger partial charge in [0.1, 0.15) is 0 Å². The van der Waals surface area contributed by atoms with Gasteiger partial charge in [0.05, 0.1) is 26.4 Å². The summed E-state index contributed by atoms with van der Waals surface area (Å²) in [5.74, 6) is -1.54. The summed E-state index contributed by atoms with van der Waals surface area (Å²) in [5.41, 5.74) is 0. The fourth-order valence-corrected chi connectivity index (χ4v) is 1.55. The van der Waals surface area contributed by atoms with E-state index in [1.165, 1.54) is 0 Å². The van der Waals surface area contributed by atoms with E-state index in [4.69, 9.17) is 19.7 Å². The molecule has 2 unspecified atom stereocenters. The SMILES string of the molecule is CCCCOC(=O)C(CO)NC(=O)NC(CO)C(=O)OCCCC. The van der Waals surface area contributed by atoms with Gasteiger partial charge in [-0.3, -0.25) is 0 Å². The lowest BCUT2D eigenvalue weighted by atomic mass is 10.3. The van der Waals surface area contributed by atoms with E-state index < -0.39 is 43.3 Å². The van der Waals surface area contributed by atoms with Gasteiger partial charge in [0.25, 0.3) is 0 Å². The lowest BCUT2D eigenvalue weighted by Gasteiger charge is -2.19. The molecule has 0 saturated carbocycles. The van der Waals surface area contributed by atoms with Gasteiger partial charge < -0.3 is 30.3 Å². The van der Waals surface area contributed by atoms with Crippen molar-refractivity contribution in [1.82, 2.24) is 10.6 Å². The number of carbonyl (C=O) groups is 3. The number of ether oxygens (including phenoxy) is 2. The smallest absolute Gasteiger partial charge is 0.331 e. The summed E-state index contributed by atoms with van der Waals surface area (Å²) >= 11 is 0. The molecule has 0 saturated heterocycles. The van der Waals surface area contributed by atoms with E-state index >= 15 is 0 Å². The third-order valence-corrected chi connectivity index (χ3v) is 3.03. The fourth-order valence-electron chi connectivity index (χ4n) is 1.55. The van der Waals surface area contributed by atoms with Crippen LogP contribution in [-0.4, -0.2) is 66.7 Å². The van der Waals surface area contributed by atoms with Crippen LogP contribution in [0.5, 0.6) is 0 Å². The van der Waals surface area contributed by atoms with Gasteiger partial charge in [-0.25, -0.2) is 14.4 Å². The maximum Gasteiger partial charge on any atom is 0.331 e. The average molecular weight is 348 g/mol. The summed E-state index contributed by atoms with van der Waals surface area (Å²) in [7, 11) is 0. The number of nitrogens with one attached hydrogen (secondary N) is 2. The van der Waals surface area contributed by atoms with Crippen molar-refractivity contribution < 1.29 is 34.1 Å². The van der Waals surface area contributed by atoms with Crippen molar-refractivity contribution in [2.45, 2.75) is 51.6 Å². The Balaban J connectivity index is 4.38. The Morgan fingerprint density at radius 2 is 1.21 bits per heavy atom. The van der Waals surface area contributed by atoms with Gasteiger partial charge in [0.2, 0.25) is 0 Å². The Labute approximate surface area is 141 Å². The molecular weight excluding hydrogens is 320 g/mol. The van der Waals surface area contributed by atoms with Crippen molar-refractivity contribution in [1.29, 1.82) is 0 Å². The monoisotopic (exact) mass is 348 g/mol. The minimum Gasteiger partial charge on any atom is -0.464 e. The molecule has 0 heterocycles. The highest BCUT2D eigenvalue weighted by Gasteiger charge is 2.25. The van der Waals surface area contributed by atoms with Gasteiger partial charge >= 0.3 is 18.0 Å². The van der Waals surface area contributed by atoms with Crippen LogP contribution < -0.4 is 10.6 Å². The molecule has 0 aromatic carbocycles. The summed E-state index contributed by atoms with van der Waals surface area (Å²) in [6.07, 6.45) is 3.02. The molecule has 4 N–H and O–H groups in total.